The molecule has 4 heteroatoms. The fraction of sp³-hybridized carbons (Fsp3) is 0.125. The number of methoxy groups -OCH3 is 2. The van der Waals surface area contributed by atoms with Crippen LogP contribution in [0, 0.1) is 0 Å². The van der Waals surface area contributed by atoms with Gasteiger partial charge in [-0.15, -0.1) is 0 Å². The fourth-order valence-electron chi connectivity index (χ4n) is 3.26. The Kier molecular flexibility index (Phi) is 4.85. The quantitative estimate of drug-likeness (QED) is 0.491. The lowest BCUT2D eigenvalue weighted by Crippen LogP contribution is -2.12. The van der Waals surface area contributed by atoms with E-state index in [2.05, 4.69) is 0 Å². The number of para-hydroxylation sites is 1. The van der Waals surface area contributed by atoms with Crippen molar-refractivity contribution in [1.29, 1.82) is 0 Å². The zero-order valence-electron chi connectivity index (χ0n) is 15.8. The fourth-order valence-corrected chi connectivity index (χ4v) is 3.26. The molecule has 0 atom stereocenters. The zero-order valence-corrected chi connectivity index (χ0v) is 15.8. The predicted molar refractivity (Wildman–Crippen MR) is 110 cm³/mol. The molecule has 0 saturated carbocycles. The van der Waals surface area contributed by atoms with Crippen molar-refractivity contribution in [1.82, 2.24) is 0 Å². The van der Waals surface area contributed by atoms with Crippen molar-refractivity contribution in [3.8, 4) is 22.8 Å². The van der Waals surface area contributed by atoms with E-state index in [0.29, 0.717) is 28.7 Å². The second kappa shape index (κ2) is 7.61. The molecule has 0 amide bonds. The van der Waals surface area contributed by atoms with Crippen LogP contribution in [0.2, 0.25) is 0 Å². The lowest BCUT2D eigenvalue weighted by Gasteiger charge is -2.11. The molecule has 0 aliphatic carbocycles. The molecule has 0 N–H and O–H groups in total. The maximum absolute atomic E-state index is 13.3. The van der Waals surface area contributed by atoms with E-state index in [1.165, 1.54) is 0 Å². The Labute approximate surface area is 163 Å². The second-order valence-electron chi connectivity index (χ2n) is 6.49. The highest BCUT2D eigenvalue weighted by molar-refractivity contribution is 5.80. The maximum atomic E-state index is 13.3. The van der Waals surface area contributed by atoms with Gasteiger partial charge in [0, 0.05) is 17.5 Å². The number of hydrogen-bond donors (Lipinski definition) is 0. The summed E-state index contributed by atoms with van der Waals surface area (Å²) < 4.78 is 16.7. The Bertz CT molecular complexity index is 1160. The van der Waals surface area contributed by atoms with Crippen molar-refractivity contribution >= 4 is 11.0 Å². The van der Waals surface area contributed by atoms with E-state index in [1.807, 2.05) is 66.7 Å². The van der Waals surface area contributed by atoms with Crippen LogP contribution in [-0.4, -0.2) is 14.2 Å². The number of hydrogen-bond acceptors (Lipinski definition) is 4. The monoisotopic (exact) mass is 372 g/mol. The van der Waals surface area contributed by atoms with Crippen LogP contribution < -0.4 is 14.9 Å². The van der Waals surface area contributed by atoms with Crippen molar-refractivity contribution in [2.75, 3.05) is 14.2 Å². The van der Waals surface area contributed by atoms with Gasteiger partial charge in [-0.05, 0) is 54.1 Å². The molecule has 4 nitrogen and oxygen atoms in total. The number of fused-ring (bicyclic) bond motifs is 1. The molecule has 140 valence electrons. The minimum absolute atomic E-state index is 0.0107. The Hall–Kier alpha value is -3.53. The SMILES string of the molecule is COc1ccc(Cc2c(-c3ccc(OC)cc3)oc3ccccc3c2=O)cc1. The van der Waals surface area contributed by atoms with Crippen LogP contribution in [0.4, 0.5) is 0 Å². The molecule has 0 spiro atoms. The van der Waals surface area contributed by atoms with Crippen LogP contribution in [0.25, 0.3) is 22.3 Å². The van der Waals surface area contributed by atoms with Gasteiger partial charge >= 0.3 is 0 Å². The third kappa shape index (κ3) is 3.37. The van der Waals surface area contributed by atoms with Crippen molar-refractivity contribution < 1.29 is 13.9 Å². The number of rotatable bonds is 5. The topological polar surface area (TPSA) is 48.7 Å². The molecule has 3 aromatic carbocycles. The molecule has 4 rings (SSSR count). The summed E-state index contributed by atoms with van der Waals surface area (Å²) >= 11 is 0. The first-order valence-electron chi connectivity index (χ1n) is 9.01. The zero-order chi connectivity index (χ0) is 19.5. The van der Waals surface area contributed by atoms with E-state index in [9.17, 15) is 4.79 Å². The molecule has 0 aliphatic heterocycles. The summed E-state index contributed by atoms with van der Waals surface area (Å²) in [6.45, 7) is 0. The summed E-state index contributed by atoms with van der Waals surface area (Å²) in [6, 6.07) is 22.6. The first kappa shape index (κ1) is 17.9. The van der Waals surface area contributed by atoms with Crippen molar-refractivity contribution in [2.45, 2.75) is 6.42 Å². The molecular formula is C24H20O4. The molecular weight excluding hydrogens is 352 g/mol. The number of ether oxygens (including phenoxy) is 2. The molecule has 0 radical (unpaired) electrons. The Balaban J connectivity index is 1.88. The van der Waals surface area contributed by atoms with Gasteiger partial charge in [-0.3, -0.25) is 4.79 Å². The molecule has 0 bridgehead atoms. The Morgan fingerprint density at radius 1 is 0.786 bits per heavy atom. The van der Waals surface area contributed by atoms with Gasteiger partial charge in [0.15, 0.2) is 5.43 Å². The average Bonchev–Trinajstić information content (AvgIpc) is 2.76. The standard InChI is InChI=1S/C24H20O4/c1-26-18-11-7-16(8-12-18)15-21-23(25)20-5-3-4-6-22(20)28-24(21)17-9-13-19(27-2)14-10-17/h3-14H,15H2,1-2H3. The highest BCUT2D eigenvalue weighted by Gasteiger charge is 2.16. The minimum Gasteiger partial charge on any atom is -0.497 e. The largest absolute Gasteiger partial charge is 0.497 e. The van der Waals surface area contributed by atoms with Crippen LogP contribution in [0.3, 0.4) is 0 Å². The van der Waals surface area contributed by atoms with Gasteiger partial charge in [0.2, 0.25) is 0 Å². The smallest absolute Gasteiger partial charge is 0.196 e. The molecule has 0 fully saturated rings. The van der Waals surface area contributed by atoms with Crippen molar-refractivity contribution in [3.63, 3.8) is 0 Å². The molecule has 0 aliphatic rings. The molecule has 0 unspecified atom stereocenters. The third-order valence-corrected chi connectivity index (χ3v) is 4.78. The van der Waals surface area contributed by atoms with E-state index in [-0.39, 0.29) is 5.43 Å². The summed E-state index contributed by atoms with van der Waals surface area (Å²) in [5, 5.41) is 0.586. The molecule has 1 heterocycles. The Morgan fingerprint density at radius 2 is 1.39 bits per heavy atom. The van der Waals surface area contributed by atoms with E-state index in [4.69, 9.17) is 13.9 Å². The van der Waals surface area contributed by atoms with Crippen LogP contribution in [-0.2, 0) is 6.42 Å². The Morgan fingerprint density at radius 3 is 2.04 bits per heavy atom. The van der Waals surface area contributed by atoms with E-state index >= 15 is 0 Å². The first-order chi connectivity index (χ1) is 13.7. The van der Waals surface area contributed by atoms with Crippen molar-refractivity contribution in [2.24, 2.45) is 0 Å². The van der Waals surface area contributed by atoms with Gasteiger partial charge in [0.05, 0.1) is 19.6 Å². The lowest BCUT2D eigenvalue weighted by molar-refractivity contribution is 0.414. The van der Waals surface area contributed by atoms with Crippen LogP contribution in [0.5, 0.6) is 11.5 Å². The van der Waals surface area contributed by atoms with Crippen LogP contribution in [0.15, 0.2) is 82.0 Å². The van der Waals surface area contributed by atoms with Gasteiger partial charge in [-0.2, -0.15) is 0 Å². The highest BCUT2D eigenvalue weighted by Crippen LogP contribution is 2.29. The summed E-state index contributed by atoms with van der Waals surface area (Å²) in [7, 11) is 3.26. The van der Waals surface area contributed by atoms with E-state index in [1.54, 1.807) is 20.3 Å². The first-order valence-corrected chi connectivity index (χ1v) is 9.01. The maximum Gasteiger partial charge on any atom is 0.196 e. The predicted octanol–water partition coefficient (Wildman–Crippen LogP) is 5.07. The van der Waals surface area contributed by atoms with E-state index < -0.39 is 0 Å². The molecule has 28 heavy (non-hydrogen) atoms. The molecule has 1 aromatic heterocycles. The van der Waals surface area contributed by atoms with Gasteiger partial charge in [0.25, 0.3) is 0 Å². The van der Waals surface area contributed by atoms with Gasteiger partial charge in [0.1, 0.15) is 22.8 Å². The van der Waals surface area contributed by atoms with Crippen LogP contribution in [0.1, 0.15) is 11.1 Å². The highest BCUT2D eigenvalue weighted by atomic mass is 16.5. The molecule has 0 saturated heterocycles. The summed E-state index contributed by atoms with van der Waals surface area (Å²) in [6.07, 6.45) is 0.471. The second-order valence-corrected chi connectivity index (χ2v) is 6.49. The number of benzene rings is 3. The summed E-state index contributed by atoms with van der Waals surface area (Å²) in [5.74, 6) is 2.12. The van der Waals surface area contributed by atoms with Crippen molar-refractivity contribution in [3.05, 3.63) is 94.1 Å². The summed E-state index contributed by atoms with van der Waals surface area (Å²) in [4.78, 5) is 13.3. The van der Waals surface area contributed by atoms with Crippen LogP contribution >= 0.6 is 0 Å². The van der Waals surface area contributed by atoms with Gasteiger partial charge in [-0.25, -0.2) is 0 Å². The average molecular weight is 372 g/mol. The third-order valence-electron chi connectivity index (χ3n) is 4.78. The summed E-state index contributed by atoms with van der Waals surface area (Å²) in [5.41, 5.74) is 3.06. The lowest BCUT2D eigenvalue weighted by atomic mass is 9.98. The molecule has 4 aromatic rings. The van der Waals surface area contributed by atoms with Gasteiger partial charge < -0.3 is 13.9 Å². The van der Waals surface area contributed by atoms with Gasteiger partial charge in [-0.1, -0.05) is 24.3 Å². The minimum atomic E-state index is -0.0107. The normalized spacial score (nSPS) is 10.8. The van der Waals surface area contributed by atoms with E-state index in [0.717, 1.165) is 22.6 Å².